The molecule has 0 radical (unpaired) electrons. The summed E-state index contributed by atoms with van der Waals surface area (Å²) in [4.78, 5) is 30.4. The molecule has 6 nitrogen and oxygen atoms in total. The van der Waals surface area contributed by atoms with E-state index in [-0.39, 0.29) is 19.3 Å². The molecule has 2 aliphatic rings. The quantitative estimate of drug-likeness (QED) is 0.616. The summed E-state index contributed by atoms with van der Waals surface area (Å²) >= 11 is 1.45. The molecule has 0 saturated carbocycles. The minimum atomic E-state index is -0.701. The van der Waals surface area contributed by atoms with Gasteiger partial charge in [0.2, 0.25) is 0 Å². The zero-order valence-electron chi connectivity index (χ0n) is 15.5. The topological polar surface area (TPSA) is 68.7 Å². The third kappa shape index (κ3) is 3.17. The lowest BCUT2D eigenvalue weighted by atomic mass is 9.98. The Kier molecular flexibility index (Phi) is 4.52. The number of carbonyl (C=O) groups is 2. The number of hydrogen-bond donors (Lipinski definition) is 0. The first-order valence-electron chi connectivity index (χ1n) is 9.37. The lowest BCUT2D eigenvalue weighted by Gasteiger charge is -2.21. The minimum absolute atomic E-state index is 0.0254. The number of fused-ring (bicyclic) bond motifs is 3. The molecule has 3 aromatic rings. The summed E-state index contributed by atoms with van der Waals surface area (Å²) in [5, 5.41) is 1.86. The van der Waals surface area contributed by atoms with E-state index in [1.807, 2.05) is 29.6 Å². The van der Waals surface area contributed by atoms with Gasteiger partial charge in [0, 0.05) is 17.7 Å². The number of aromatic nitrogens is 1. The monoisotopic (exact) mass is 406 g/mol. The molecule has 1 atom stereocenters. The van der Waals surface area contributed by atoms with Crippen molar-refractivity contribution in [3.8, 4) is 11.1 Å². The maximum atomic E-state index is 12.8. The van der Waals surface area contributed by atoms with Gasteiger partial charge in [0.05, 0.1) is 11.2 Å². The Morgan fingerprint density at radius 3 is 2.48 bits per heavy atom. The SMILES string of the molecule is O=C1OCN(C(=O)OCC2c3ccccc3-c3ccccc32)C1Cc1cscn1. The largest absolute Gasteiger partial charge is 0.448 e. The van der Waals surface area contributed by atoms with Crippen LogP contribution in [0.1, 0.15) is 22.7 Å². The van der Waals surface area contributed by atoms with E-state index in [9.17, 15) is 9.59 Å². The highest BCUT2D eigenvalue weighted by Gasteiger charge is 2.40. The number of hydrogen-bond acceptors (Lipinski definition) is 6. The lowest BCUT2D eigenvalue weighted by molar-refractivity contribution is -0.139. The summed E-state index contributed by atoms with van der Waals surface area (Å²) in [5.41, 5.74) is 7.10. The molecule has 2 aromatic carbocycles. The van der Waals surface area contributed by atoms with Gasteiger partial charge >= 0.3 is 12.1 Å². The molecule has 146 valence electrons. The van der Waals surface area contributed by atoms with Crippen molar-refractivity contribution in [2.45, 2.75) is 18.4 Å². The molecular formula is C22H18N2O4S. The third-order valence-corrected chi connectivity index (χ3v) is 6.09. The first-order valence-corrected chi connectivity index (χ1v) is 10.3. The molecule has 5 rings (SSSR count). The van der Waals surface area contributed by atoms with Crippen molar-refractivity contribution >= 4 is 23.4 Å². The number of cyclic esters (lactones) is 1. The van der Waals surface area contributed by atoms with Gasteiger partial charge in [0.25, 0.3) is 0 Å². The molecule has 1 fully saturated rings. The molecule has 1 saturated heterocycles. The fourth-order valence-corrected chi connectivity index (χ4v) is 4.60. The highest BCUT2D eigenvalue weighted by atomic mass is 32.1. The fraction of sp³-hybridized carbons (Fsp3) is 0.227. The van der Waals surface area contributed by atoms with Crippen molar-refractivity contribution in [1.82, 2.24) is 9.88 Å². The summed E-state index contributed by atoms with van der Waals surface area (Å²) < 4.78 is 10.8. The van der Waals surface area contributed by atoms with Crippen LogP contribution in [0.15, 0.2) is 59.4 Å². The predicted molar refractivity (Wildman–Crippen MR) is 107 cm³/mol. The second-order valence-electron chi connectivity index (χ2n) is 7.07. The average molecular weight is 406 g/mol. The standard InChI is InChI=1S/C22H18N2O4S/c25-21-20(9-14-11-29-12-23-14)24(13-28-21)22(26)27-10-19-17-7-3-1-5-15(17)16-6-2-4-8-18(16)19/h1-8,11-12,19-20H,9-10,13H2. The van der Waals surface area contributed by atoms with E-state index in [0.717, 1.165) is 16.8 Å². The molecule has 1 aliphatic heterocycles. The smallest absolute Gasteiger partial charge is 0.413 e. The number of benzene rings is 2. The van der Waals surface area contributed by atoms with Gasteiger partial charge in [-0.25, -0.2) is 14.6 Å². The van der Waals surface area contributed by atoms with Crippen LogP contribution in [-0.2, 0) is 20.7 Å². The molecular weight excluding hydrogens is 388 g/mol. The second-order valence-corrected chi connectivity index (χ2v) is 7.78. The maximum absolute atomic E-state index is 12.8. The second kappa shape index (κ2) is 7.33. The third-order valence-electron chi connectivity index (χ3n) is 5.45. The van der Waals surface area contributed by atoms with E-state index in [1.165, 1.54) is 27.4 Å². The van der Waals surface area contributed by atoms with Gasteiger partial charge in [0.15, 0.2) is 6.73 Å². The average Bonchev–Trinajstić information content (AvgIpc) is 3.46. The molecule has 1 aromatic heterocycles. The van der Waals surface area contributed by atoms with E-state index < -0.39 is 18.1 Å². The lowest BCUT2D eigenvalue weighted by Crippen LogP contribution is -2.40. The van der Waals surface area contributed by atoms with Crippen molar-refractivity contribution in [3.63, 3.8) is 0 Å². The molecule has 0 spiro atoms. The van der Waals surface area contributed by atoms with Crippen LogP contribution in [-0.4, -0.2) is 41.3 Å². The Morgan fingerprint density at radius 1 is 1.14 bits per heavy atom. The minimum Gasteiger partial charge on any atom is -0.448 e. The summed E-state index contributed by atoms with van der Waals surface area (Å²) in [6.45, 7) is 0.116. The number of thiazole rings is 1. The summed E-state index contributed by atoms with van der Waals surface area (Å²) in [7, 11) is 0. The maximum Gasteiger partial charge on any atom is 0.413 e. The van der Waals surface area contributed by atoms with Crippen LogP contribution in [0.3, 0.4) is 0 Å². The summed E-state index contributed by atoms with van der Waals surface area (Å²) in [5.74, 6) is -0.450. The van der Waals surface area contributed by atoms with Gasteiger partial charge in [0.1, 0.15) is 12.6 Å². The van der Waals surface area contributed by atoms with E-state index in [2.05, 4.69) is 29.2 Å². The number of nitrogens with zero attached hydrogens (tertiary/aromatic N) is 2. The van der Waals surface area contributed by atoms with Crippen molar-refractivity contribution in [2.75, 3.05) is 13.3 Å². The van der Waals surface area contributed by atoms with E-state index in [4.69, 9.17) is 9.47 Å². The molecule has 2 heterocycles. The molecule has 29 heavy (non-hydrogen) atoms. The molecule has 0 N–H and O–H groups in total. The van der Waals surface area contributed by atoms with E-state index in [0.29, 0.717) is 6.42 Å². The highest BCUT2D eigenvalue weighted by molar-refractivity contribution is 7.07. The van der Waals surface area contributed by atoms with Crippen LogP contribution in [0.25, 0.3) is 11.1 Å². The van der Waals surface area contributed by atoms with Crippen LogP contribution in [0.2, 0.25) is 0 Å². The number of amides is 1. The van der Waals surface area contributed by atoms with Crippen molar-refractivity contribution in [2.24, 2.45) is 0 Å². The van der Waals surface area contributed by atoms with Crippen LogP contribution in [0.5, 0.6) is 0 Å². The number of ether oxygens (including phenoxy) is 2. The highest BCUT2D eigenvalue weighted by Crippen LogP contribution is 2.44. The first kappa shape index (κ1) is 17.9. The Labute approximate surface area is 171 Å². The Hall–Kier alpha value is -3.19. The normalized spacial score (nSPS) is 17.7. The van der Waals surface area contributed by atoms with Crippen molar-refractivity contribution < 1.29 is 19.1 Å². The molecule has 0 bridgehead atoms. The van der Waals surface area contributed by atoms with Gasteiger partial charge in [-0.3, -0.25) is 4.90 Å². The van der Waals surface area contributed by atoms with Gasteiger partial charge in [-0.15, -0.1) is 11.3 Å². The van der Waals surface area contributed by atoms with E-state index >= 15 is 0 Å². The van der Waals surface area contributed by atoms with Crippen molar-refractivity contribution in [1.29, 1.82) is 0 Å². The first-order chi connectivity index (χ1) is 14.2. The van der Waals surface area contributed by atoms with E-state index in [1.54, 1.807) is 5.51 Å². The van der Waals surface area contributed by atoms with Crippen LogP contribution >= 0.6 is 11.3 Å². The van der Waals surface area contributed by atoms with Crippen LogP contribution in [0, 0.1) is 0 Å². The summed E-state index contributed by atoms with van der Waals surface area (Å²) in [6.07, 6.45) is -0.218. The van der Waals surface area contributed by atoms with Crippen LogP contribution in [0.4, 0.5) is 4.79 Å². The fourth-order valence-electron chi connectivity index (χ4n) is 4.03. The van der Waals surface area contributed by atoms with Crippen molar-refractivity contribution in [3.05, 3.63) is 76.2 Å². The van der Waals surface area contributed by atoms with Gasteiger partial charge in [-0.1, -0.05) is 48.5 Å². The van der Waals surface area contributed by atoms with Gasteiger partial charge < -0.3 is 9.47 Å². The predicted octanol–water partition coefficient (Wildman–Crippen LogP) is 3.82. The van der Waals surface area contributed by atoms with Gasteiger partial charge in [-0.2, -0.15) is 0 Å². The number of esters is 1. The summed E-state index contributed by atoms with van der Waals surface area (Å²) in [6, 6.07) is 15.6. The molecule has 1 aliphatic carbocycles. The number of rotatable bonds is 4. The molecule has 1 unspecified atom stereocenters. The van der Waals surface area contributed by atoms with Crippen LogP contribution < -0.4 is 0 Å². The zero-order chi connectivity index (χ0) is 19.8. The Morgan fingerprint density at radius 2 is 1.83 bits per heavy atom. The molecule has 1 amide bonds. The Balaban J connectivity index is 1.32. The Bertz CT molecular complexity index is 1020. The number of carbonyl (C=O) groups excluding carboxylic acids is 2. The molecule has 7 heteroatoms. The zero-order valence-corrected chi connectivity index (χ0v) is 16.3. The van der Waals surface area contributed by atoms with Gasteiger partial charge in [-0.05, 0) is 22.3 Å².